The second-order valence-corrected chi connectivity index (χ2v) is 7.41. The number of hydrogen-bond acceptors (Lipinski definition) is 1. The van der Waals surface area contributed by atoms with Crippen LogP contribution in [-0.4, -0.2) is 0 Å². The lowest BCUT2D eigenvalue weighted by Crippen LogP contribution is -1.97. The molecule has 0 saturated heterocycles. The maximum Gasteiger partial charge on any atom is 0.0655 e. The van der Waals surface area contributed by atoms with Crippen molar-refractivity contribution < 1.29 is 0 Å². The fourth-order valence-corrected chi connectivity index (χ4v) is 3.50. The Morgan fingerprint density at radius 3 is 1.48 bits per heavy atom. The fraction of sp³-hybridized carbons (Fsp3) is 0.955. The summed E-state index contributed by atoms with van der Waals surface area (Å²) in [6.45, 7) is 6.90. The molecule has 136 valence electrons. The van der Waals surface area contributed by atoms with E-state index in [2.05, 4.69) is 26.8 Å². The molecular formula is C22H43N. The Kier molecular flexibility index (Phi) is 17.4. The molecule has 0 spiro atoms. The van der Waals surface area contributed by atoms with Crippen molar-refractivity contribution in [1.82, 2.24) is 0 Å². The number of nitrogens with zero attached hydrogens (tertiary/aromatic N) is 1. The van der Waals surface area contributed by atoms with Gasteiger partial charge < -0.3 is 0 Å². The summed E-state index contributed by atoms with van der Waals surface area (Å²) in [6, 6.07) is 2.52. The Balaban J connectivity index is 3.35. The van der Waals surface area contributed by atoms with Crippen LogP contribution in [0, 0.1) is 23.2 Å². The van der Waals surface area contributed by atoms with Crippen LogP contribution in [0.1, 0.15) is 124 Å². The summed E-state index contributed by atoms with van der Waals surface area (Å²) >= 11 is 0. The van der Waals surface area contributed by atoms with Gasteiger partial charge in [-0.05, 0) is 18.8 Å². The van der Waals surface area contributed by atoms with Crippen molar-refractivity contribution in [2.75, 3.05) is 0 Å². The van der Waals surface area contributed by atoms with E-state index in [1.54, 1.807) is 0 Å². The minimum atomic E-state index is 0.326. The lowest BCUT2D eigenvalue weighted by molar-refractivity contribution is 0.424. The highest BCUT2D eigenvalue weighted by Crippen LogP contribution is 2.19. The lowest BCUT2D eigenvalue weighted by Gasteiger charge is -2.11. The van der Waals surface area contributed by atoms with Crippen LogP contribution in [-0.2, 0) is 0 Å². The fourth-order valence-electron chi connectivity index (χ4n) is 3.50. The summed E-state index contributed by atoms with van der Waals surface area (Å²) in [6.07, 6.45) is 21.2. The summed E-state index contributed by atoms with van der Waals surface area (Å²) in [7, 11) is 0. The van der Waals surface area contributed by atoms with E-state index in [9.17, 15) is 5.26 Å². The molecule has 0 N–H and O–H groups in total. The van der Waals surface area contributed by atoms with E-state index in [4.69, 9.17) is 0 Å². The average molecular weight is 322 g/mol. The zero-order valence-electron chi connectivity index (χ0n) is 16.4. The smallest absolute Gasteiger partial charge is 0.0655 e. The van der Waals surface area contributed by atoms with E-state index in [-0.39, 0.29) is 0 Å². The van der Waals surface area contributed by atoms with Crippen LogP contribution >= 0.6 is 0 Å². The van der Waals surface area contributed by atoms with E-state index < -0.39 is 0 Å². The zero-order chi connectivity index (χ0) is 17.2. The quantitative estimate of drug-likeness (QED) is 0.249. The minimum absolute atomic E-state index is 0.326. The van der Waals surface area contributed by atoms with Gasteiger partial charge in [0.15, 0.2) is 0 Å². The van der Waals surface area contributed by atoms with Gasteiger partial charge in [0.25, 0.3) is 0 Å². The third-order valence-corrected chi connectivity index (χ3v) is 5.41. The predicted molar refractivity (Wildman–Crippen MR) is 103 cm³/mol. The highest BCUT2D eigenvalue weighted by Gasteiger charge is 2.06. The lowest BCUT2D eigenvalue weighted by atomic mass is 9.94. The van der Waals surface area contributed by atoms with E-state index in [1.165, 1.54) is 89.9 Å². The molecule has 0 amide bonds. The Labute approximate surface area is 147 Å². The van der Waals surface area contributed by atoms with Gasteiger partial charge in [-0.3, -0.25) is 0 Å². The third-order valence-electron chi connectivity index (χ3n) is 5.41. The molecule has 0 aromatic carbocycles. The number of nitriles is 1. The molecule has 0 aliphatic rings. The molecule has 0 aromatic heterocycles. The molecule has 0 radical (unpaired) electrons. The maximum absolute atomic E-state index is 9.22. The van der Waals surface area contributed by atoms with Crippen molar-refractivity contribution >= 4 is 0 Å². The van der Waals surface area contributed by atoms with Crippen molar-refractivity contribution in [2.24, 2.45) is 11.8 Å². The molecule has 1 unspecified atom stereocenters. The first-order chi connectivity index (χ1) is 11.3. The van der Waals surface area contributed by atoms with Crippen LogP contribution in [0.2, 0.25) is 0 Å². The molecule has 0 heterocycles. The molecule has 1 heteroatoms. The van der Waals surface area contributed by atoms with Crippen molar-refractivity contribution in [3.05, 3.63) is 0 Å². The first kappa shape index (κ1) is 22.5. The minimum Gasteiger partial charge on any atom is -0.198 e. The second kappa shape index (κ2) is 17.8. The Hall–Kier alpha value is -0.510. The monoisotopic (exact) mass is 321 g/mol. The molecule has 1 nitrogen and oxygen atoms in total. The van der Waals surface area contributed by atoms with Gasteiger partial charge in [0.05, 0.1) is 6.07 Å². The van der Waals surface area contributed by atoms with E-state index in [0.29, 0.717) is 5.92 Å². The van der Waals surface area contributed by atoms with E-state index >= 15 is 0 Å². The molecule has 0 fully saturated rings. The van der Waals surface area contributed by atoms with Crippen molar-refractivity contribution in [2.45, 2.75) is 124 Å². The first-order valence-corrected chi connectivity index (χ1v) is 10.7. The van der Waals surface area contributed by atoms with E-state index in [0.717, 1.165) is 18.8 Å². The van der Waals surface area contributed by atoms with Crippen LogP contribution in [0.25, 0.3) is 0 Å². The van der Waals surface area contributed by atoms with Crippen molar-refractivity contribution in [3.8, 4) is 6.07 Å². The number of rotatable bonds is 17. The number of unbranched alkanes of at least 4 members (excludes halogenated alkanes) is 9. The predicted octanol–water partition coefficient (Wildman–Crippen LogP) is 8.04. The molecule has 0 aliphatic carbocycles. The van der Waals surface area contributed by atoms with Crippen LogP contribution in [0.3, 0.4) is 0 Å². The molecule has 0 rings (SSSR count). The standard InChI is InChI=1S/C22H43N/c1-4-7-8-14-18-22(20-23)19-16-13-11-9-10-12-15-17-21(5-2)6-3/h21-22H,4-19H2,1-3H3. The average Bonchev–Trinajstić information content (AvgIpc) is 2.58. The largest absolute Gasteiger partial charge is 0.198 e. The summed E-state index contributed by atoms with van der Waals surface area (Å²) in [5, 5.41) is 9.22. The summed E-state index contributed by atoms with van der Waals surface area (Å²) in [4.78, 5) is 0. The normalized spacial score (nSPS) is 12.5. The van der Waals surface area contributed by atoms with E-state index in [1.807, 2.05) is 0 Å². The van der Waals surface area contributed by atoms with Crippen molar-refractivity contribution in [1.29, 1.82) is 5.26 Å². The van der Waals surface area contributed by atoms with Gasteiger partial charge in [-0.2, -0.15) is 5.26 Å². The first-order valence-electron chi connectivity index (χ1n) is 10.7. The highest BCUT2D eigenvalue weighted by atomic mass is 14.3. The summed E-state index contributed by atoms with van der Waals surface area (Å²) in [5.41, 5.74) is 0. The Morgan fingerprint density at radius 1 is 0.609 bits per heavy atom. The van der Waals surface area contributed by atoms with Gasteiger partial charge in [0, 0.05) is 5.92 Å². The maximum atomic E-state index is 9.22. The Morgan fingerprint density at radius 2 is 1.04 bits per heavy atom. The molecule has 0 aromatic rings. The van der Waals surface area contributed by atoms with Gasteiger partial charge in [-0.1, -0.05) is 111 Å². The SMILES string of the molecule is CCCCCCC(C#N)CCCCCCCCCC(CC)CC. The number of hydrogen-bond donors (Lipinski definition) is 0. The van der Waals surface area contributed by atoms with Crippen LogP contribution in [0.5, 0.6) is 0 Å². The Bertz CT molecular complexity index is 262. The molecule has 0 bridgehead atoms. The highest BCUT2D eigenvalue weighted by molar-refractivity contribution is 4.82. The summed E-state index contributed by atoms with van der Waals surface area (Å²) in [5.74, 6) is 1.29. The summed E-state index contributed by atoms with van der Waals surface area (Å²) < 4.78 is 0. The zero-order valence-corrected chi connectivity index (χ0v) is 16.4. The topological polar surface area (TPSA) is 23.8 Å². The van der Waals surface area contributed by atoms with Crippen LogP contribution in [0.4, 0.5) is 0 Å². The van der Waals surface area contributed by atoms with Gasteiger partial charge in [0.1, 0.15) is 0 Å². The third kappa shape index (κ3) is 14.8. The van der Waals surface area contributed by atoms with Crippen molar-refractivity contribution in [3.63, 3.8) is 0 Å². The van der Waals surface area contributed by atoms with Gasteiger partial charge in [-0.25, -0.2) is 0 Å². The second-order valence-electron chi connectivity index (χ2n) is 7.41. The van der Waals surface area contributed by atoms with Crippen LogP contribution < -0.4 is 0 Å². The van der Waals surface area contributed by atoms with Gasteiger partial charge in [-0.15, -0.1) is 0 Å². The van der Waals surface area contributed by atoms with Gasteiger partial charge >= 0.3 is 0 Å². The van der Waals surface area contributed by atoms with Crippen LogP contribution in [0.15, 0.2) is 0 Å². The molecule has 0 aliphatic heterocycles. The molecule has 23 heavy (non-hydrogen) atoms. The molecule has 0 saturated carbocycles. The molecular weight excluding hydrogens is 278 g/mol. The molecule has 1 atom stereocenters. The van der Waals surface area contributed by atoms with Gasteiger partial charge in [0.2, 0.25) is 0 Å².